The molecule has 0 aliphatic heterocycles. The van der Waals surface area contributed by atoms with Crippen molar-refractivity contribution in [3.05, 3.63) is 34.5 Å². The topological polar surface area (TPSA) is 60.2 Å². The number of sulfone groups is 1. The number of hydroxylamine groups is 1. The average Bonchev–Trinajstić information content (AvgIpc) is 3.16. The van der Waals surface area contributed by atoms with Gasteiger partial charge in [-0.3, -0.25) is 0 Å². The standard InChI is InChI=1S/C19H24F3NO3S/c20-19(21,22)15-11-10-14(13-23(24)16-6-4-5-7-16)18(12-15)27(25,26)17-8-2-1-3-9-17/h10-13,16-17H,1-9H2/b23-13-. The van der Waals surface area contributed by atoms with Gasteiger partial charge in [0.1, 0.15) is 0 Å². The van der Waals surface area contributed by atoms with Crippen molar-refractivity contribution in [2.24, 2.45) is 0 Å². The van der Waals surface area contributed by atoms with Crippen LogP contribution in [0.25, 0.3) is 0 Å². The van der Waals surface area contributed by atoms with Gasteiger partial charge in [0.25, 0.3) is 0 Å². The molecule has 0 atom stereocenters. The first kappa shape index (κ1) is 20.2. The minimum absolute atomic E-state index is 0.0514. The highest BCUT2D eigenvalue weighted by Crippen LogP contribution is 2.35. The van der Waals surface area contributed by atoms with Crippen LogP contribution in [0.5, 0.6) is 0 Å². The van der Waals surface area contributed by atoms with E-state index >= 15 is 0 Å². The van der Waals surface area contributed by atoms with Gasteiger partial charge in [-0.1, -0.05) is 19.3 Å². The predicted octanol–water partition coefficient (Wildman–Crippen LogP) is 4.68. The third-order valence-electron chi connectivity index (χ3n) is 5.59. The summed E-state index contributed by atoms with van der Waals surface area (Å²) in [6.45, 7) is 0. The molecule has 0 radical (unpaired) electrons. The van der Waals surface area contributed by atoms with Crippen LogP contribution in [-0.4, -0.2) is 30.7 Å². The fourth-order valence-electron chi connectivity index (χ4n) is 4.02. The van der Waals surface area contributed by atoms with Crippen LogP contribution in [0.15, 0.2) is 23.1 Å². The van der Waals surface area contributed by atoms with Gasteiger partial charge in [0.2, 0.25) is 0 Å². The number of hydrogen-bond acceptors (Lipinski definition) is 3. The lowest BCUT2D eigenvalue weighted by Gasteiger charge is -2.23. The molecule has 1 aromatic carbocycles. The highest BCUT2D eigenvalue weighted by atomic mass is 32.2. The first-order valence-corrected chi connectivity index (χ1v) is 11.0. The second-order valence-corrected chi connectivity index (χ2v) is 9.68. The summed E-state index contributed by atoms with van der Waals surface area (Å²) >= 11 is 0. The zero-order valence-electron chi connectivity index (χ0n) is 15.0. The van der Waals surface area contributed by atoms with E-state index in [9.17, 15) is 26.8 Å². The summed E-state index contributed by atoms with van der Waals surface area (Å²) in [5.41, 5.74) is -0.956. The number of benzene rings is 1. The molecule has 1 aromatic rings. The highest BCUT2D eigenvalue weighted by Gasteiger charge is 2.36. The molecule has 0 N–H and O–H groups in total. The molecule has 2 fully saturated rings. The van der Waals surface area contributed by atoms with Crippen LogP contribution in [0.4, 0.5) is 13.2 Å². The highest BCUT2D eigenvalue weighted by molar-refractivity contribution is 7.92. The van der Waals surface area contributed by atoms with Crippen LogP contribution in [0.1, 0.15) is 68.9 Å². The summed E-state index contributed by atoms with van der Waals surface area (Å²) < 4.78 is 66.4. The molecule has 3 rings (SSSR count). The van der Waals surface area contributed by atoms with Crippen molar-refractivity contribution in [1.29, 1.82) is 0 Å². The average molecular weight is 403 g/mol. The zero-order valence-corrected chi connectivity index (χ0v) is 15.9. The van der Waals surface area contributed by atoms with Crippen LogP contribution < -0.4 is 0 Å². The Morgan fingerprint density at radius 2 is 1.59 bits per heavy atom. The molecular formula is C19H24F3NO3S. The van der Waals surface area contributed by atoms with Crippen molar-refractivity contribution >= 4 is 16.1 Å². The van der Waals surface area contributed by atoms with Gasteiger partial charge in [-0.15, -0.1) is 0 Å². The zero-order chi connectivity index (χ0) is 19.7. The molecule has 0 spiro atoms. The smallest absolute Gasteiger partial charge is 0.416 e. The molecule has 8 heteroatoms. The maximum Gasteiger partial charge on any atom is 0.416 e. The van der Waals surface area contributed by atoms with Crippen LogP contribution in [0, 0.1) is 5.21 Å². The molecule has 0 aromatic heterocycles. The van der Waals surface area contributed by atoms with Gasteiger partial charge >= 0.3 is 6.18 Å². The molecule has 0 saturated heterocycles. The normalized spacial score (nSPS) is 20.9. The summed E-state index contributed by atoms with van der Waals surface area (Å²) in [6, 6.07) is 2.41. The van der Waals surface area contributed by atoms with Gasteiger partial charge in [-0.05, 0) is 43.9 Å². The summed E-state index contributed by atoms with van der Waals surface area (Å²) in [5.74, 6) is 0. The van der Waals surface area contributed by atoms with Crippen molar-refractivity contribution in [3.8, 4) is 0 Å². The first-order chi connectivity index (χ1) is 12.7. The lowest BCUT2D eigenvalue weighted by molar-refractivity contribution is -0.494. The molecule has 2 aliphatic carbocycles. The van der Waals surface area contributed by atoms with Gasteiger partial charge in [-0.25, -0.2) is 13.2 Å². The van der Waals surface area contributed by atoms with E-state index < -0.39 is 26.8 Å². The van der Waals surface area contributed by atoms with Crippen LogP contribution in [-0.2, 0) is 16.0 Å². The van der Waals surface area contributed by atoms with E-state index in [0.717, 1.165) is 55.2 Å². The van der Waals surface area contributed by atoms with Gasteiger partial charge in [0, 0.05) is 12.8 Å². The number of rotatable bonds is 4. The second kappa shape index (κ2) is 7.81. The Balaban J connectivity index is 2.06. The Morgan fingerprint density at radius 3 is 2.19 bits per heavy atom. The van der Waals surface area contributed by atoms with E-state index in [-0.39, 0.29) is 16.5 Å². The van der Waals surface area contributed by atoms with Crippen molar-refractivity contribution in [2.45, 2.75) is 80.2 Å². The van der Waals surface area contributed by atoms with Crippen molar-refractivity contribution in [1.82, 2.24) is 0 Å². The maximum atomic E-state index is 13.2. The van der Waals surface area contributed by atoms with Gasteiger partial charge < -0.3 is 5.21 Å². The van der Waals surface area contributed by atoms with Gasteiger partial charge in [0.05, 0.1) is 21.3 Å². The SMILES string of the molecule is O=S(=O)(c1cc(C(F)(F)F)ccc1/C=[N+](\[O-])C1CCCC1)C1CCCCC1. The molecule has 2 aliphatic rings. The van der Waals surface area contributed by atoms with Crippen molar-refractivity contribution in [3.63, 3.8) is 0 Å². The van der Waals surface area contributed by atoms with E-state index in [2.05, 4.69) is 0 Å². The maximum absolute atomic E-state index is 13.2. The first-order valence-electron chi connectivity index (χ1n) is 9.45. The minimum atomic E-state index is -4.64. The molecule has 0 amide bonds. The monoisotopic (exact) mass is 403 g/mol. The summed E-state index contributed by atoms with van der Waals surface area (Å²) in [7, 11) is -3.94. The Hall–Kier alpha value is -1.57. The van der Waals surface area contributed by atoms with Crippen LogP contribution in [0.3, 0.4) is 0 Å². The summed E-state index contributed by atoms with van der Waals surface area (Å²) in [5, 5.41) is 11.7. The molecule has 150 valence electrons. The molecule has 0 unspecified atom stereocenters. The third-order valence-corrected chi connectivity index (χ3v) is 7.91. The van der Waals surface area contributed by atoms with E-state index in [0.29, 0.717) is 31.7 Å². The lowest BCUT2D eigenvalue weighted by atomic mass is 10.0. The van der Waals surface area contributed by atoms with Crippen molar-refractivity contribution < 1.29 is 26.3 Å². The Morgan fingerprint density at radius 1 is 1.00 bits per heavy atom. The lowest BCUT2D eigenvalue weighted by Crippen LogP contribution is -2.26. The third kappa shape index (κ3) is 4.47. The van der Waals surface area contributed by atoms with Gasteiger partial charge in [-0.2, -0.15) is 13.2 Å². The fourth-order valence-corrected chi connectivity index (χ4v) is 6.07. The van der Waals surface area contributed by atoms with Crippen molar-refractivity contribution in [2.75, 3.05) is 0 Å². The predicted molar refractivity (Wildman–Crippen MR) is 96.6 cm³/mol. The molecule has 0 heterocycles. The number of halogens is 3. The Bertz CT molecular complexity index is 806. The molecule has 27 heavy (non-hydrogen) atoms. The van der Waals surface area contributed by atoms with Gasteiger partial charge in [0.15, 0.2) is 22.1 Å². The minimum Gasteiger partial charge on any atom is -0.624 e. The largest absolute Gasteiger partial charge is 0.624 e. The van der Waals surface area contributed by atoms with Crippen LogP contribution in [0.2, 0.25) is 0 Å². The van der Waals surface area contributed by atoms with E-state index in [1.807, 2.05) is 0 Å². The molecule has 2 saturated carbocycles. The fraction of sp³-hybridized carbons (Fsp3) is 0.632. The summed E-state index contributed by atoms with van der Waals surface area (Å²) in [4.78, 5) is -0.372. The number of nitrogens with zero attached hydrogens (tertiary/aromatic N) is 1. The van der Waals surface area contributed by atoms with E-state index in [1.54, 1.807) is 0 Å². The summed E-state index contributed by atoms with van der Waals surface area (Å²) in [6.07, 6.45) is 3.12. The number of alkyl halides is 3. The Kier molecular flexibility index (Phi) is 5.84. The molecule has 4 nitrogen and oxygen atoms in total. The molecule has 0 bridgehead atoms. The van der Waals surface area contributed by atoms with E-state index in [1.165, 1.54) is 0 Å². The quantitative estimate of drug-likeness (QED) is 0.317. The second-order valence-electron chi connectivity index (χ2n) is 7.48. The Labute approximate surface area is 157 Å². The molecular weight excluding hydrogens is 379 g/mol. The van der Waals surface area contributed by atoms with E-state index in [4.69, 9.17) is 0 Å². The number of hydrogen-bond donors (Lipinski definition) is 0. The van der Waals surface area contributed by atoms with Crippen LogP contribution >= 0.6 is 0 Å².